The number of hydrogen-bond acceptors (Lipinski definition) is 4. The highest BCUT2D eigenvalue weighted by Crippen LogP contribution is 2.62. The van der Waals surface area contributed by atoms with Crippen molar-refractivity contribution >= 4 is 5.91 Å². The number of halogens is 14. The van der Waals surface area contributed by atoms with Crippen LogP contribution in [0.3, 0.4) is 0 Å². The number of amides is 1. The van der Waals surface area contributed by atoms with E-state index >= 15 is 0 Å². The van der Waals surface area contributed by atoms with E-state index in [1.54, 1.807) is 0 Å². The molecule has 1 N–H and O–H groups in total. The largest absolute Gasteiger partial charge is 0.439 e. The fourth-order valence-corrected chi connectivity index (χ4v) is 2.38. The van der Waals surface area contributed by atoms with E-state index in [4.69, 9.17) is 0 Å². The second-order valence-electron chi connectivity index (χ2n) is 6.66. The number of ether oxygens (including phenoxy) is 1. The van der Waals surface area contributed by atoms with Crippen LogP contribution in [0, 0.1) is 0 Å². The van der Waals surface area contributed by atoms with E-state index in [0.717, 1.165) is 5.32 Å². The number of nitrogens with one attached hydrogen (secondary N) is 1. The first-order valence-corrected chi connectivity index (χ1v) is 7.99. The van der Waals surface area contributed by atoms with Gasteiger partial charge >= 0.3 is 42.2 Å². The number of nitrogens with zero attached hydrogens (tertiary/aromatic N) is 2. The van der Waals surface area contributed by atoms with Gasteiger partial charge in [-0.2, -0.15) is 57.1 Å². The van der Waals surface area contributed by atoms with Crippen LogP contribution >= 0.6 is 0 Å². The minimum Gasteiger partial charge on any atom is -0.353 e. The first-order valence-electron chi connectivity index (χ1n) is 7.99. The fraction of sp³-hybridized carbons (Fsp3) is 0.923. The first-order chi connectivity index (χ1) is 13.9. The van der Waals surface area contributed by atoms with Crippen molar-refractivity contribution in [1.82, 2.24) is 15.1 Å². The van der Waals surface area contributed by atoms with E-state index in [2.05, 4.69) is 0 Å². The fourth-order valence-electron chi connectivity index (χ4n) is 2.38. The minimum atomic E-state index is -7.72. The molecule has 5 nitrogen and oxygen atoms in total. The summed E-state index contributed by atoms with van der Waals surface area (Å²) >= 11 is 0. The Morgan fingerprint density at radius 3 is 1.62 bits per heavy atom. The van der Waals surface area contributed by atoms with Gasteiger partial charge in [-0.25, -0.2) is 9.13 Å². The molecule has 32 heavy (non-hydrogen) atoms. The number of morpholine rings is 1. The van der Waals surface area contributed by atoms with E-state index in [1.807, 2.05) is 4.74 Å². The maximum Gasteiger partial charge on any atom is 0.439 e. The lowest BCUT2D eigenvalue weighted by Crippen LogP contribution is -2.83. The van der Waals surface area contributed by atoms with Gasteiger partial charge in [0.1, 0.15) is 0 Å². The van der Waals surface area contributed by atoms with Gasteiger partial charge in [0.15, 0.2) is 0 Å². The second kappa shape index (κ2) is 8.00. The number of alkyl halides is 14. The third-order valence-electron chi connectivity index (χ3n) is 3.98. The lowest BCUT2D eigenvalue weighted by atomic mass is 9.98. The summed E-state index contributed by atoms with van der Waals surface area (Å²) in [6, 6.07) is -22.5. The van der Waals surface area contributed by atoms with Gasteiger partial charge in [0, 0.05) is 6.54 Å². The normalized spacial score (nSPS) is 24.8. The van der Waals surface area contributed by atoms with Crippen molar-refractivity contribution in [3.63, 3.8) is 0 Å². The van der Waals surface area contributed by atoms with Crippen molar-refractivity contribution in [2.24, 2.45) is 0 Å². The molecule has 1 unspecified atom stereocenters. The third kappa shape index (κ3) is 4.17. The zero-order chi connectivity index (χ0) is 25.8. The molecule has 0 aromatic rings. The Morgan fingerprint density at radius 1 is 0.875 bits per heavy atom. The quantitative estimate of drug-likeness (QED) is 0.324. The van der Waals surface area contributed by atoms with Crippen LogP contribution in [-0.4, -0.2) is 85.1 Å². The first kappa shape index (κ1) is 28.4. The highest BCUT2D eigenvalue weighted by Gasteiger charge is 2.92. The van der Waals surface area contributed by atoms with E-state index in [0.29, 0.717) is 0 Å². The zero-order valence-corrected chi connectivity index (χ0v) is 15.6. The summed E-state index contributed by atoms with van der Waals surface area (Å²) < 4.78 is 191. The summed E-state index contributed by atoms with van der Waals surface area (Å²) in [5.74, 6) is -3.57. The zero-order valence-electron chi connectivity index (χ0n) is 15.6. The molecule has 19 heteroatoms. The minimum absolute atomic E-state index is 0.0694. The predicted molar refractivity (Wildman–Crippen MR) is 73.7 cm³/mol. The van der Waals surface area contributed by atoms with Gasteiger partial charge in [0.25, 0.3) is 5.91 Å². The number of hydrogen-bond donors (Lipinski definition) is 1. The molecular weight excluding hydrogens is 496 g/mol. The molecule has 1 aliphatic rings. The molecule has 1 heterocycles. The average Bonchev–Trinajstić information content (AvgIpc) is 2.53. The molecule has 0 aromatic carbocycles. The van der Waals surface area contributed by atoms with Crippen molar-refractivity contribution in [3.05, 3.63) is 0 Å². The van der Waals surface area contributed by atoms with Gasteiger partial charge in [-0.1, -0.05) is 0 Å². The van der Waals surface area contributed by atoms with Crippen LogP contribution in [0.4, 0.5) is 61.5 Å². The molecule has 1 amide bonds. The molecule has 1 fully saturated rings. The van der Waals surface area contributed by atoms with Crippen LogP contribution in [0.2, 0.25) is 0 Å². The second-order valence-corrected chi connectivity index (χ2v) is 6.66. The summed E-state index contributed by atoms with van der Waals surface area (Å²) in [7, 11) is 2.77. The van der Waals surface area contributed by atoms with Crippen molar-refractivity contribution in [1.29, 1.82) is 0 Å². The van der Waals surface area contributed by atoms with Crippen LogP contribution in [0.1, 0.15) is 6.42 Å². The summed E-state index contributed by atoms with van der Waals surface area (Å²) in [6.45, 7) is -1.13. The van der Waals surface area contributed by atoms with Gasteiger partial charge in [-0.15, -0.1) is 4.90 Å². The lowest BCUT2D eigenvalue weighted by molar-refractivity contribution is -0.592. The molecule has 1 atom stereocenters. The Hall–Kier alpha value is -1.63. The maximum absolute atomic E-state index is 14.5. The van der Waals surface area contributed by atoms with E-state index in [9.17, 15) is 66.3 Å². The Labute approximate surface area is 169 Å². The molecule has 1 rings (SSSR count). The summed E-state index contributed by atoms with van der Waals surface area (Å²) in [6.07, 6.45) is -21.7. The van der Waals surface area contributed by atoms with Gasteiger partial charge in [-0.05, 0) is 27.1 Å². The molecule has 1 aliphatic heterocycles. The van der Waals surface area contributed by atoms with Crippen molar-refractivity contribution in [2.75, 3.05) is 27.2 Å². The van der Waals surface area contributed by atoms with Crippen LogP contribution < -0.4 is 5.32 Å². The standard InChI is InChI=1S/C13H13F14N3O2/c1-29(2)5-3-4-28-6(31)7(14,8(15,16)17)9(18,19)30-10(20,21)12(24,25)32-13(26,27)11(30,22)23/h3-5H2,1-2H3,(H,28,31). The molecule has 190 valence electrons. The number of rotatable bonds is 7. The van der Waals surface area contributed by atoms with Gasteiger partial charge in [-0.3, -0.25) is 4.79 Å². The Morgan fingerprint density at radius 2 is 1.28 bits per heavy atom. The maximum atomic E-state index is 14.5. The van der Waals surface area contributed by atoms with E-state index in [-0.39, 0.29) is 13.0 Å². The van der Waals surface area contributed by atoms with E-state index in [1.165, 1.54) is 19.0 Å². The molecule has 0 aromatic heterocycles. The van der Waals surface area contributed by atoms with Gasteiger partial charge < -0.3 is 10.2 Å². The van der Waals surface area contributed by atoms with Crippen molar-refractivity contribution in [3.8, 4) is 0 Å². The Bertz CT molecular complexity index is 684. The lowest BCUT2D eigenvalue weighted by Gasteiger charge is -2.51. The van der Waals surface area contributed by atoms with Crippen LogP contribution in [-0.2, 0) is 9.53 Å². The van der Waals surface area contributed by atoms with E-state index < -0.39 is 59.6 Å². The van der Waals surface area contributed by atoms with Crippen molar-refractivity contribution < 1.29 is 71.0 Å². The topological polar surface area (TPSA) is 44.8 Å². The monoisotopic (exact) mass is 509 g/mol. The third-order valence-corrected chi connectivity index (χ3v) is 3.98. The van der Waals surface area contributed by atoms with Crippen LogP contribution in [0.15, 0.2) is 0 Å². The molecule has 0 aliphatic carbocycles. The van der Waals surface area contributed by atoms with Gasteiger partial charge in [0.2, 0.25) is 0 Å². The highest BCUT2D eigenvalue weighted by molar-refractivity contribution is 5.87. The van der Waals surface area contributed by atoms with Gasteiger partial charge in [0.05, 0.1) is 0 Å². The Kier molecular flexibility index (Phi) is 7.10. The summed E-state index contributed by atoms with van der Waals surface area (Å²) in [5, 5.41) is 0.863. The Balaban J connectivity index is 3.63. The summed E-state index contributed by atoms with van der Waals surface area (Å²) in [4.78, 5) is 8.90. The molecule has 0 saturated carbocycles. The summed E-state index contributed by atoms with van der Waals surface area (Å²) in [5.41, 5.74) is -7.12. The molecule has 1 saturated heterocycles. The molecule has 0 radical (unpaired) electrons. The average molecular weight is 509 g/mol. The number of carbonyl (C=O) groups excluding carboxylic acids is 1. The molecule has 0 spiro atoms. The van der Waals surface area contributed by atoms with Crippen molar-refractivity contribution in [2.45, 2.75) is 48.6 Å². The highest BCUT2D eigenvalue weighted by atomic mass is 19.4. The smallest absolute Gasteiger partial charge is 0.353 e. The predicted octanol–water partition coefficient (Wildman–Crippen LogP) is 3.62. The van der Waals surface area contributed by atoms with Crippen LogP contribution in [0.25, 0.3) is 0 Å². The molecular formula is C13H13F14N3O2. The number of carbonyl (C=O) groups is 1. The SMILES string of the molecule is CN(C)CCCNC(=O)C(F)(C(F)(F)F)C(F)(F)N1C(F)(F)C(F)(F)OC(F)(F)C1(F)F. The van der Waals surface area contributed by atoms with Crippen LogP contribution in [0.5, 0.6) is 0 Å². The molecule has 0 bridgehead atoms.